The maximum atomic E-state index is 13.8. The molecule has 4 aromatic rings. The van der Waals surface area contributed by atoms with Gasteiger partial charge in [-0.2, -0.15) is 5.10 Å². The lowest BCUT2D eigenvalue weighted by Gasteiger charge is -2.11. The monoisotopic (exact) mass is 452 g/mol. The standard InChI is InChI=1S/C22H18ClFN6O2/c23-13-7-8-17(16(24)10-13)28-22(32)26-11-12-3-1-4-14(9-12)27-21(31)15-5-2-6-18-19(15)20(25)30-29-18/h1-10H,11H2,(H,27,31)(H3,25,29,30)(H2,26,28,32). The molecule has 0 saturated carbocycles. The van der Waals surface area contributed by atoms with Crippen LogP contribution in [0.1, 0.15) is 15.9 Å². The van der Waals surface area contributed by atoms with E-state index in [-0.39, 0.29) is 29.0 Å². The Morgan fingerprint density at radius 2 is 1.88 bits per heavy atom. The Hall–Kier alpha value is -4.11. The summed E-state index contributed by atoms with van der Waals surface area (Å²) in [5.74, 6) is -0.734. The van der Waals surface area contributed by atoms with Gasteiger partial charge >= 0.3 is 6.03 Å². The molecule has 0 spiro atoms. The van der Waals surface area contributed by atoms with E-state index in [4.69, 9.17) is 17.3 Å². The van der Waals surface area contributed by atoms with Crippen LogP contribution in [0.3, 0.4) is 0 Å². The third-order valence-corrected chi connectivity index (χ3v) is 4.91. The second kappa shape index (κ2) is 8.94. The van der Waals surface area contributed by atoms with Crippen LogP contribution >= 0.6 is 11.6 Å². The summed E-state index contributed by atoms with van der Waals surface area (Å²) in [5.41, 5.74) is 8.21. The highest BCUT2D eigenvalue weighted by Gasteiger charge is 2.15. The number of hydrogen-bond acceptors (Lipinski definition) is 4. The van der Waals surface area contributed by atoms with E-state index in [1.54, 1.807) is 42.5 Å². The first-order valence-corrected chi connectivity index (χ1v) is 9.91. The number of nitrogens with one attached hydrogen (secondary N) is 4. The lowest BCUT2D eigenvalue weighted by Crippen LogP contribution is -2.28. The van der Waals surface area contributed by atoms with E-state index in [1.807, 2.05) is 0 Å². The molecule has 3 amide bonds. The minimum absolute atomic E-state index is 0.0145. The van der Waals surface area contributed by atoms with Crippen molar-refractivity contribution in [2.45, 2.75) is 6.54 Å². The van der Waals surface area contributed by atoms with Gasteiger partial charge in [0.1, 0.15) is 5.82 Å². The maximum absolute atomic E-state index is 13.8. The van der Waals surface area contributed by atoms with Crippen molar-refractivity contribution in [3.8, 4) is 0 Å². The normalized spacial score (nSPS) is 10.7. The molecular weight excluding hydrogens is 435 g/mol. The molecule has 10 heteroatoms. The van der Waals surface area contributed by atoms with Gasteiger partial charge in [0.15, 0.2) is 5.82 Å². The number of H-pyrrole nitrogens is 1. The zero-order valence-corrected chi connectivity index (χ0v) is 17.3. The van der Waals surface area contributed by atoms with E-state index in [1.165, 1.54) is 12.1 Å². The fourth-order valence-electron chi connectivity index (χ4n) is 3.18. The molecule has 32 heavy (non-hydrogen) atoms. The molecule has 0 atom stereocenters. The van der Waals surface area contributed by atoms with Crippen molar-refractivity contribution in [2.75, 3.05) is 16.4 Å². The van der Waals surface area contributed by atoms with Crippen molar-refractivity contribution in [2.24, 2.45) is 0 Å². The summed E-state index contributed by atoms with van der Waals surface area (Å²) in [6, 6.07) is 15.5. The fraction of sp³-hybridized carbons (Fsp3) is 0.0455. The molecule has 8 nitrogen and oxygen atoms in total. The number of aromatic amines is 1. The van der Waals surface area contributed by atoms with Crippen LogP contribution < -0.4 is 21.7 Å². The van der Waals surface area contributed by atoms with Gasteiger partial charge in [-0.25, -0.2) is 9.18 Å². The molecule has 162 valence electrons. The summed E-state index contributed by atoms with van der Waals surface area (Å²) < 4.78 is 13.8. The van der Waals surface area contributed by atoms with Crippen molar-refractivity contribution in [1.29, 1.82) is 0 Å². The van der Waals surface area contributed by atoms with Crippen molar-refractivity contribution in [3.63, 3.8) is 0 Å². The molecule has 1 aromatic heterocycles. The highest BCUT2D eigenvalue weighted by atomic mass is 35.5. The molecule has 0 saturated heterocycles. The van der Waals surface area contributed by atoms with E-state index < -0.39 is 11.8 Å². The van der Waals surface area contributed by atoms with Gasteiger partial charge in [-0.05, 0) is 48.0 Å². The van der Waals surface area contributed by atoms with E-state index in [0.717, 1.165) is 11.6 Å². The summed E-state index contributed by atoms with van der Waals surface area (Å²) in [7, 11) is 0. The van der Waals surface area contributed by atoms with Crippen LogP contribution in [0, 0.1) is 5.82 Å². The Labute approximate surface area is 187 Å². The number of carbonyl (C=O) groups excluding carboxylic acids is 2. The predicted molar refractivity (Wildman–Crippen MR) is 122 cm³/mol. The molecule has 0 bridgehead atoms. The maximum Gasteiger partial charge on any atom is 0.319 e. The van der Waals surface area contributed by atoms with E-state index in [2.05, 4.69) is 26.1 Å². The first-order chi connectivity index (χ1) is 15.4. The number of nitrogen functional groups attached to an aromatic ring is 1. The number of urea groups is 1. The first-order valence-electron chi connectivity index (χ1n) is 9.53. The summed E-state index contributed by atoms with van der Waals surface area (Å²) in [4.78, 5) is 24.9. The Morgan fingerprint density at radius 3 is 2.69 bits per heavy atom. The average molecular weight is 453 g/mol. The van der Waals surface area contributed by atoms with Gasteiger partial charge in [0.25, 0.3) is 5.91 Å². The molecule has 1 heterocycles. The minimum Gasteiger partial charge on any atom is -0.382 e. The zero-order valence-electron chi connectivity index (χ0n) is 16.6. The lowest BCUT2D eigenvalue weighted by molar-refractivity contribution is 0.102. The number of benzene rings is 3. The number of nitrogens with two attached hydrogens (primary N) is 1. The Balaban J connectivity index is 1.40. The molecule has 0 aliphatic carbocycles. The number of nitrogens with zero attached hydrogens (tertiary/aromatic N) is 1. The molecule has 0 aliphatic rings. The van der Waals surface area contributed by atoms with E-state index in [0.29, 0.717) is 22.2 Å². The molecule has 3 aromatic carbocycles. The number of aromatic nitrogens is 2. The average Bonchev–Trinajstić information content (AvgIpc) is 3.15. The number of fused-ring (bicyclic) bond motifs is 1. The highest BCUT2D eigenvalue weighted by molar-refractivity contribution is 6.30. The highest BCUT2D eigenvalue weighted by Crippen LogP contribution is 2.23. The number of carbonyl (C=O) groups is 2. The number of hydrogen-bond donors (Lipinski definition) is 5. The zero-order chi connectivity index (χ0) is 22.7. The van der Waals surface area contributed by atoms with Crippen LogP contribution in [-0.2, 0) is 6.54 Å². The largest absolute Gasteiger partial charge is 0.382 e. The van der Waals surface area contributed by atoms with Crippen LogP contribution in [0.5, 0.6) is 0 Å². The predicted octanol–water partition coefficient (Wildman–Crippen LogP) is 4.51. The number of anilines is 3. The van der Waals surface area contributed by atoms with Gasteiger partial charge in [-0.15, -0.1) is 0 Å². The molecule has 0 aliphatic heterocycles. The summed E-state index contributed by atoms with van der Waals surface area (Å²) in [6.45, 7) is 0.162. The van der Waals surface area contributed by atoms with Crippen LogP contribution in [0.25, 0.3) is 10.9 Å². The Morgan fingerprint density at radius 1 is 1.06 bits per heavy atom. The van der Waals surface area contributed by atoms with Crippen molar-refractivity contribution < 1.29 is 14.0 Å². The molecular formula is C22H18ClFN6O2. The third-order valence-electron chi connectivity index (χ3n) is 4.68. The molecule has 0 radical (unpaired) electrons. The second-order valence-electron chi connectivity index (χ2n) is 6.92. The summed E-state index contributed by atoms with van der Waals surface area (Å²) in [5, 5.41) is 15.4. The molecule has 6 N–H and O–H groups in total. The van der Waals surface area contributed by atoms with Crippen LogP contribution in [0.2, 0.25) is 5.02 Å². The van der Waals surface area contributed by atoms with E-state index in [9.17, 15) is 14.0 Å². The summed E-state index contributed by atoms with van der Waals surface area (Å²) >= 11 is 5.71. The summed E-state index contributed by atoms with van der Waals surface area (Å²) in [6.07, 6.45) is 0. The second-order valence-corrected chi connectivity index (χ2v) is 7.36. The first kappa shape index (κ1) is 21.1. The van der Waals surface area contributed by atoms with Crippen molar-refractivity contribution >= 4 is 51.6 Å². The SMILES string of the molecule is Nc1n[nH]c2cccc(C(=O)Nc3cccc(CNC(=O)Nc4ccc(Cl)cc4F)c3)c12. The van der Waals surface area contributed by atoms with Gasteiger partial charge in [-0.3, -0.25) is 9.89 Å². The third kappa shape index (κ3) is 4.62. The topological polar surface area (TPSA) is 125 Å². The lowest BCUT2D eigenvalue weighted by atomic mass is 10.1. The van der Waals surface area contributed by atoms with Gasteiger partial charge in [-0.1, -0.05) is 29.8 Å². The van der Waals surface area contributed by atoms with Gasteiger partial charge < -0.3 is 21.7 Å². The van der Waals surface area contributed by atoms with Gasteiger partial charge in [0.05, 0.1) is 22.2 Å². The fourth-order valence-corrected chi connectivity index (χ4v) is 3.34. The number of amides is 3. The molecule has 0 unspecified atom stereocenters. The number of rotatable bonds is 5. The smallest absolute Gasteiger partial charge is 0.319 e. The van der Waals surface area contributed by atoms with Crippen LogP contribution in [0.4, 0.5) is 26.4 Å². The van der Waals surface area contributed by atoms with Crippen molar-refractivity contribution in [3.05, 3.63) is 82.6 Å². The molecule has 0 fully saturated rings. The van der Waals surface area contributed by atoms with Crippen LogP contribution in [-0.4, -0.2) is 22.1 Å². The Bertz CT molecular complexity index is 1320. The Kier molecular flexibility index (Phi) is 5.91. The van der Waals surface area contributed by atoms with Gasteiger partial charge in [0, 0.05) is 17.3 Å². The van der Waals surface area contributed by atoms with E-state index >= 15 is 0 Å². The van der Waals surface area contributed by atoms with Crippen LogP contribution in [0.15, 0.2) is 60.7 Å². The number of halogens is 2. The van der Waals surface area contributed by atoms with Gasteiger partial charge in [0.2, 0.25) is 0 Å². The minimum atomic E-state index is -0.634. The van der Waals surface area contributed by atoms with Crippen molar-refractivity contribution in [1.82, 2.24) is 15.5 Å². The molecule has 4 rings (SSSR count). The quantitative estimate of drug-likeness (QED) is 0.305.